The normalized spacial score (nSPS) is 10.2. The van der Waals surface area contributed by atoms with E-state index in [1.165, 1.54) is 31.4 Å². The molecule has 2 aromatic carbocycles. The molecule has 0 radical (unpaired) electrons. The summed E-state index contributed by atoms with van der Waals surface area (Å²) in [7, 11) is 1.39. The number of hydrogen-bond acceptors (Lipinski definition) is 5. The van der Waals surface area contributed by atoms with Gasteiger partial charge in [-0.15, -0.1) is 0 Å². The fourth-order valence-corrected chi connectivity index (χ4v) is 1.83. The second kappa shape index (κ2) is 6.08. The highest BCUT2D eigenvalue weighted by Crippen LogP contribution is 2.30. The lowest BCUT2D eigenvalue weighted by Crippen LogP contribution is -2.02. The third-order valence-corrected chi connectivity index (χ3v) is 2.94. The molecule has 7 heteroatoms. The average Bonchev–Trinajstić information content (AvgIpc) is 2.48. The third-order valence-electron chi connectivity index (χ3n) is 2.94. The summed E-state index contributed by atoms with van der Waals surface area (Å²) in [5.74, 6) is -0.837. The summed E-state index contributed by atoms with van der Waals surface area (Å²) in [5, 5.41) is 23.2. The van der Waals surface area contributed by atoms with Crippen molar-refractivity contribution in [3.05, 3.63) is 57.9 Å². The Kier molecular flexibility index (Phi) is 4.22. The Bertz CT molecular complexity index is 676. The molecule has 0 amide bonds. The van der Waals surface area contributed by atoms with Crippen LogP contribution in [0.15, 0.2) is 36.4 Å². The maximum atomic E-state index is 13.2. The number of rotatable bonds is 5. The van der Waals surface area contributed by atoms with E-state index < -0.39 is 16.5 Å². The molecule has 0 aromatic heterocycles. The van der Waals surface area contributed by atoms with E-state index in [2.05, 4.69) is 5.32 Å². The van der Waals surface area contributed by atoms with E-state index in [4.69, 9.17) is 4.74 Å². The monoisotopic (exact) mass is 292 g/mol. The first-order valence-electron chi connectivity index (χ1n) is 6.05. The molecule has 0 spiro atoms. The quantitative estimate of drug-likeness (QED) is 0.653. The zero-order valence-corrected chi connectivity index (χ0v) is 11.2. The molecule has 0 atom stereocenters. The van der Waals surface area contributed by atoms with Crippen LogP contribution in [0, 0.1) is 15.9 Å². The number of methoxy groups -OCH3 is 1. The van der Waals surface area contributed by atoms with Crippen molar-refractivity contribution in [2.45, 2.75) is 6.54 Å². The molecule has 110 valence electrons. The molecule has 0 aliphatic carbocycles. The SMILES string of the molecule is COc1cc([N+](=O)[O-])ccc1NCc1cccc(F)c1O. The van der Waals surface area contributed by atoms with Crippen LogP contribution in [0.1, 0.15) is 5.56 Å². The highest BCUT2D eigenvalue weighted by atomic mass is 19.1. The van der Waals surface area contributed by atoms with Crippen molar-refractivity contribution in [3.8, 4) is 11.5 Å². The Balaban J connectivity index is 2.20. The van der Waals surface area contributed by atoms with Crippen LogP contribution in [-0.4, -0.2) is 17.1 Å². The van der Waals surface area contributed by atoms with Crippen molar-refractivity contribution in [1.29, 1.82) is 0 Å². The highest BCUT2D eigenvalue weighted by Gasteiger charge is 2.12. The molecule has 0 bridgehead atoms. The van der Waals surface area contributed by atoms with Crippen LogP contribution in [0.5, 0.6) is 11.5 Å². The first-order valence-corrected chi connectivity index (χ1v) is 6.05. The number of phenols is 1. The molecule has 0 saturated carbocycles. The predicted octanol–water partition coefficient (Wildman–Crippen LogP) is 3.06. The van der Waals surface area contributed by atoms with Crippen molar-refractivity contribution in [2.75, 3.05) is 12.4 Å². The summed E-state index contributed by atoms with van der Waals surface area (Å²) in [6, 6.07) is 8.32. The first-order chi connectivity index (χ1) is 10.0. The number of nitro benzene ring substituents is 1. The largest absolute Gasteiger partial charge is 0.505 e. The van der Waals surface area contributed by atoms with Gasteiger partial charge in [0.1, 0.15) is 5.75 Å². The van der Waals surface area contributed by atoms with Gasteiger partial charge >= 0.3 is 0 Å². The predicted molar refractivity (Wildman–Crippen MR) is 75.0 cm³/mol. The van der Waals surface area contributed by atoms with Gasteiger partial charge in [0.15, 0.2) is 11.6 Å². The highest BCUT2D eigenvalue weighted by molar-refractivity contribution is 5.61. The van der Waals surface area contributed by atoms with Crippen LogP contribution < -0.4 is 10.1 Å². The van der Waals surface area contributed by atoms with Crippen LogP contribution in [-0.2, 0) is 6.54 Å². The van der Waals surface area contributed by atoms with E-state index in [0.29, 0.717) is 17.0 Å². The maximum Gasteiger partial charge on any atom is 0.273 e. The molecule has 0 saturated heterocycles. The minimum Gasteiger partial charge on any atom is -0.505 e. The van der Waals surface area contributed by atoms with Gasteiger partial charge in [0.25, 0.3) is 5.69 Å². The number of benzene rings is 2. The molecule has 0 aliphatic rings. The Morgan fingerprint density at radius 3 is 2.81 bits per heavy atom. The van der Waals surface area contributed by atoms with Gasteiger partial charge in [0.2, 0.25) is 0 Å². The van der Waals surface area contributed by atoms with Crippen LogP contribution in [0.2, 0.25) is 0 Å². The zero-order valence-electron chi connectivity index (χ0n) is 11.2. The molecule has 0 unspecified atom stereocenters. The molecule has 6 nitrogen and oxygen atoms in total. The minimum absolute atomic E-state index is 0.0917. The molecule has 0 fully saturated rings. The first kappa shape index (κ1) is 14.6. The second-order valence-electron chi connectivity index (χ2n) is 4.24. The van der Waals surface area contributed by atoms with Gasteiger partial charge in [-0.05, 0) is 12.1 Å². The van der Waals surface area contributed by atoms with Gasteiger partial charge in [-0.1, -0.05) is 12.1 Å². The smallest absolute Gasteiger partial charge is 0.273 e. The number of hydrogen-bond donors (Lipinski definition) is 2. The van der Waals surface area contributed by atoms with Crippen LogP contribution in [0.3, 0.4) is 0 Å². The number of aromatic hydroxyl groups is 1. The van der Waals surface area contributed by atoms with E-state index in [1.807, 2.05) is 0 Å². The third kappa shape index (κ3) is 3.19. The van der Waals surface area contributed by atoms with Gasteiger partial charge in [-0.25, -0.2) is 4.39 Å². The summed E-state index contributed by atoms with van der Waals surface area (Å²) < 4.78 is 18.3. The molecule has 2 rings (SSSR count). The molecule has 21 heavy (non-hydrogen) atoms. The van der Waals surface area contributed by atoms with E-state index in [-0.39, 0.29) is 12.2 Å². The van der Waals surface area contributed by atoms with Crippen LogP contribution in [0.4, 0.5) is 15.8 Å². The van der Waals surface area contributed by atoms with Crippen molar-refractivity contribution < 1.29 is 19.2 Å². The number of para-hydroxylation sites is 1. The Morgan fingerprint density at radius 2 is 2.14 bits per heavy atom. The fraction of sp³-hybridized carbons (Fsp3) is 0.143. The van der Waals surface area contributed by atoms with Crippen molar-refractivity contribution in [1.82, 2.24) is 0 Å². The van der Waals surface area contributed by atoms with Gasteiger partial charge in [0, 0.05) is 18.2 Å². The molecule has 0 heterocycles. The molecule has 2 N–H and O–H groups in total. The van der Waals surface area contributed by atoms with E-state index in [9.17, 15) is 19.6 Å². The number of anilines is 1. The van der Waals surface area contributed by atoms with Gasteiger partial charge < -0.3 is 15.2 Å². The summed E-state index contributed by atoms with van der Waals surface area (Å²) in [4.78, 5) is 10.2. The van der Waals surface area contributed by atoms with E-state index in [1.54, 1.807) is 6.07 Å². The van der Waals surface area contributed by atoms with Crippen molar-refractivity contribution >= 4 is 11.4 Å². The summed E-state index contributed by atoms with van der Waals surface area (Å²) in [6.07, 6.45) is 0. The molecular weight excluding hydrogens is 279 g/mol. The molecular formula is C14H13FN2O4. The Morgan fingerprint density at radius 1 is 1.38 bits per heavy atom. The summed E-state index contributed by atoms with van der Waals surface area (Å²) in [6.45, 7) is 0.151. The van der Waals surface area contributed by atoms with E-state index in [0.717, 1.165) is 6.07 Å². The van der Waals surface area contributed by atoms with Gasteiger partial charge in [-0.3, -0.25) is 10.1 Å². The van der Waals surface area contributed by atoms with E-state index >= 15 is 0 Å². The zero-order chi connectivity index (χ0) is 15.4. The van der Waals surface area contributed by atoms with Crippen molar-refractivity contribution in [3.63, 3.8) is 0 Å². The maximum absolute atomic E-state index is 13.2. The Labute approximate surface area is 119 Å². The van der Waals surface area contributed by atoms with Gasteiger partial charge in [-0.2, -0.15) is 0 Å². The number of nitrogens with one attached hydrogen (secondary N) is 1. The summed E-state index contributed by atoms with van der Waals surface area (Å²) >= 11 is 0. The molecule has 2 aromatic rings. The van der Waals surface area contributed by atoms with Gasteiger partial charge in [0.05, 0.1) is 23.8 Å². The van der Waals surface area contributed by atoms with Crippen LogP contribution in [0.25, 0.3) is 0 Å². The number of non-ortho nitro benzene ring substituents is 1. The number of nitro groups is 1. The number of halogens is 1. The number of phenolic OH excluding ortho intramolecular Hbond substituents is 1. The fourth-order valence-electron chi connectivity index (χ4n) is 1.83. The lowest BCUT2D eigenvalue weighted by molar-refractivity contribution is -0.384. The lowest BCUT2D eigenvalue weighted by atomic mass is 10.2. The molecule has 0 aliphatic heterocycles. The number of nitrogens with zero attached hydrogens (tertiary/aromatic N) is 1. The minimum atomic E-state index is -0.704. The average molecular weight is 292 g/mol. The lowest BCUT2D eigenvalue weighted by Gasteiger charge is -2.12. The standard InChI is InChI=1S/C14H13FN2O4/c1-21-13-7-10(17(19)20)5-6-12(13)16-8-9-3-2-4-11(15)14(9)18/h2-7,16,18H,8H2,1H3. The summed E-state index contributed by atoms with van der Waals surface area (Å²) in [5.41, 5.74) is 0.785. The second-order valence-corrected chi connectivity index (χ2v) is 4.24. The topological polar surface area (TPSA) is 84.6 Å². The van der Waals surface area contributed by atoms with Crippen molar-refractivity contribution in [2.24, 2.45) is 0 Å². The Hall–Kier alpha value is -2.83. The van der Waals surface area contributed by atoms with Crippen LogP contribution >= 0.6 is 0 Å². The number of ether oxygens (including phenoxy) is 1.